The first kappa shape index (κ1) is 5.52. The molecule has 50 valence electrons. The summed E-state index contributed by atoms with van der Waals surface area (Å²) < 4.78 is 0. The molecule has 1 atom stereocenters. The molecule has 0 nitrogen and oxygen atoms in total. The Morgan fingerprint density at radius 2 is 2.22 bits per heavy atom. The third kappa shape index (κ3) is 0.726. The molecule has 2 aliphatic carbocycles. The predicted molar refractivity (Wildman–Crippen MR) is 39.2 cm³/mol. The molecule has 2 aliphatic rings. The fourth-order valence-corrected chi connectivity index (χ4v) is 1.74. The first-order chi connectivity index (χ1) is 4.26. The molecule has 0 saturated heterocycles. The van der Waals surface area contributed by atoms with Crippen molar-refractivity contribution < 1.29 is 0 Å². The molecular formula is C9H14. The number of rotatable bonds is 1. The van der Waals surface area contributed by atoms with E-state index in [2.05, 4.69) is 19.9 Å². The monoisotopic (exact) mass is 122 g/mol. The van der Waals surface area contributed by atoms with Crippen LogP contribution in [-0.2, 0) is 0 Å². The third-order valence-corrected chi connectivity index (χ3v) is 2.98. The van der Waals surface area contributed by atoms with Crippen LogP contribution < -0.4 is 0 Å². The van der Waals surface area contributed by atoms with Gasteiger partial charge in [-0.2, -0.15) is 0 Å². The summed E-state index contributed by atoms with van der Waals surface area (Å²) in [4.78, 5) is 0. The zero-order chi connectivity index (χ0) is 6.48. The van der Waals surface area contributed by atoms with E-state index in [9.17, 15) is 0 Å². The van der Waals surface area contributed by atoms with E-state index in [1.807, 2.05) is 0 Å². The summed E-state index contributed by atoms with van der Waals surface area (Å²) >= 11 is 0. The van der Waals surface area contributed by atoms with Crippen molar-refractivity contribution in [1.29, 1.82) is 0 Å². The summed E-state index contributed by atoms with van der Waals surface area (Å²) in [5, 5.41) is 0. The first-order valence-corrected chi connectivity index (χ1v) is 3.91. The van der Waals surface area contributed by atoms with E-state index < -0.39 is 0 Å². The third-order valence-electron chi connectivity index (χ3n) is 2.98. The van der Waals surface area contributed by atoms with Crippen LogP contribution in [0.3, 0.4) is 0 Å². The van der Waals surface area contributed by atoms with Crippen LogP contribution in [0.4, 0.5) is 0 Å². The molecular weight excluding hydrogens is 108 g/mol. The van der Waals surface area contributed by atoms with E-state index in [1.54, 1.807) is 5.57 Å². The molecule has 0 amide bonds. The fourth-order valence-electron chi connectivity index (χ4n) is 1.74. The van der Waals surface area contributed by atoms with Crippen LogP contribution in [0.15, 0.2) is 11.6 Å². The van der Waals surface area contributed by atoms with E-state index in [-0.39, 0.29) is 0 Å². The van der Waals surface area contributed by atoms with Crippen molar-refractivity contribution in [2.24, 2.45) is 11.3 Å². The minimum absolute atomic E-state index is 0.766. The Labute approximate surface area is 57.0 Å². The molecule has 0 bridgehead atoms. The second-order valence-corrected chi connectivity index (χ2v) is 3.77. The Morgan fingerprint density at radius 3 is 2.56 bits per heavy atom. The average Bonchev–Trinajstić information content (AvgIpc) is 2.60. The highest BCUT2D eigenvalue weighted by atomic mass is 14.6. The predicted octanol–water partition coefficient (Wildman–Crippen LogP) is 2.75. The molecule has 0 spiro atoms. The van der Waals surface area contributed by atoms with E-state index in [1.165, 1.54) is 19.3 Å². The van der Waals surface area contributed by atoms with Crippen molar-refractivity contribution in [2.45, 2.75) is 33.1 Å². The highest BCUT2D eigenvalue weighted by Crippen LogP contribution is 2.63. The second-order valence-electron chi connectivity index (χ2n) is 3.77. The van der Waals surface area contributed by atoms with Crippen molar-refractivity contribution in [3.8, 4) is 0 Å². The lowest BCUT2D eigenvalue weighted by Crippen LogP contribution is -1.93. The van der Waals surface area contributed by atoms with Crippen LogP contribution in [0, 0.1) is 11.3 Å². The van der Waals surface area contributed by atoms with Crippen molar-refractivity contribution in [1.82, 2.24) is 0 Å². The van der Waals surface area contributed by atoms with Gasteiger partial charge in [0.15, 0.2) is 0 Å². The standard InChI is InChI=1S/C9H14/c1-3-7-6-8(7)9(2)4-5-9/h3,8H,4-6H2,1-2H3. The topological polar surface area (TPSA) is 0 Å². The average molecular weight is 122 g/mol. The van der Waals surface area contributed by atoms with Gasteiger partial charge in [0.1, 0.15) is 0 Å². The van der Waals surface area contributed by atoms with Crippen molar-refractivity contribution in [2.75, 3.05) is 0 Å². The lowest BCUT2D eigenvalue weighted by Gasteiger charge is -2.01. The summed E-state index contributed by atoms with van der Waals surface area (Å²) in [5.74, 6) is 1.00. The van der Waals surface area contributed by atoms with E-state index in [0.29, 0.717) is 0 Å². The molecule has 2 fully saturated rings. The van der Waals surface area contributed by atoms with Gasteiger partial charge >= 0.3 is 0 Å². The van der Waals surface area contributed by atoms with Gasteiger partial charge in [-0.25, -0.2) is 0 Å². The minimum Gasteiger partial charge on any atom is -0.0881 e. The van der Waals surface area contributed by atoms with Crippen LogP contribution in [0.25, 0.3) is 0 Å². The van der Waals surface area contributed by atoms with Gasteiger partial charge in [0.25, 0.3) is 0 Å². The zero-order valence-electron chi connectivity index (χ0n) is 6.28. The Kier molecular flexibility index (Phi) is 0.870. The molecule has 0 N–H and O–H groups in total. The molecule has 1 unspecified atom stereocenters. The summed E-state index contributed by atoms with van der Waals surface area (Å²) in [7, 11) is 0. The van der Waals surface area contributed by atoms with Gasteiger partial charge in [-0.1, -0.05) is 18.6 Å². The Morgan fingerprint density at radius 1 is 1.56 bits per heavy atom. The smallest absolute Gasteiger partial charge is 0.0112 e. The quantitative estimate of drug-likeness (QED) is 0.469. The summed E-state index contributed by atoms with van der Waals surface area (Å²) in [6, 6.07) is 0. The van der Waals surface area contributed by atoms with Gasteiger partial charge in [-0.3, -0.25) is 0 Å². The molecule has 2 rings (SSSR count). The van der Waals surface area contributed by atoms with Crippen LogP contribution in [0.1, 0.15) is 33.1 Å². The van der Waals surface area contributed by atoms with Crippen LogP contribution in [-0.4, -0.2) is 0 Å². The largest absolute Gasteiger partial charge is 0.0881 e. The van der Waals surface area contributed by atoms with Crippen LogP contribution >= 0.6 is 0 Å². The zero-order valence-corrected chi connectivity index (χ0v) is 6.28. The summed E-state index contributed by atoms with van der Waals surface area (Å²) in [6.07, 6.45) is 6.67. The lowest BCUT2D eigenvalue weighted by atomic mass is 10.0. The summed E-state index contributed by atoms with van der Waals surface area (Å²) in [5.41, 5.74) is 2.48. The van der Waals surface area contributed by atoms with Crippen LogP contribution in [0.5, 0.6) is 0 Å². The van der Waals surface area contributed by atoms with Gasteiger partial charge in [0, 0.05) is 0 Å². The van der Waals surface area contributed by atoms with Crippen LogP contribution in [0.2, 0.25) is 0 Å². The molecule has 0 heteroatoms. The molecule has 9 heavy (non-hydrogen) atoms. The van der Waals surface area contributed by atoms with Crippen molar-refractivity contribution >= 4 is 0 Å². The number of hydrogen-bond donors (Lipinski definition) is 0. The highest BCUT2D eigenvalue weighted by Gasteiger charge is 2.52. The van der Waals surface area contributed by atoms with E-state index in [0.717, 1.165) is 11.3 Å². The molecule has 0 heterocycles. The Hall–Kier alpha value is -0.260. The van der Waals surface area contributed by atoms with Gasteiger partial charge in [-0.05, 0) is 37.5 Å². The maximum atomic E-state index is 2.42. The maximum Gasteiger partial charge on any atom is -0.0112 e. The summed E-state index contributed by atoms with van der Waals surface area (Å²) in [6.45, 7) is 4.59. The Balaban J connectivity index is 2.04. The highest BCUT2D eigenvalue weighted by molar-refractivity contribution is 5.29. The molecule has 0 aliphatic heterocycles. The van der Waals surface area contributed by atoms with Gasteiger partial charge < -0.3 is 0 Å². The van der Waals surface area contributed by atoms with Crippen molar-refractivity contribution in [3.05, 3.63) is 11.6 Å². The molecule has 0 aromatic carbocycles. The lowest BCUT2D eigenvalue weighted by molar-refractivity contribution is 0.507. The van der Waals surface area contributed by atoms with Gasteiger partial charge in [0.2, 0.25) is 0 Å². The number of hydrogen-bond acceptors (Lipinski definition) is 0. The second kappa shape index (κ2) is 1.42. The molecule has 0 aromatic rings. The van der Waals surface area contributed by atoms with Gasteiger partial charge in [0.05, 0.1) is 0 Å². The SMILES string of the molecule is CC=C1CC1C1(C)CC1. The molecule has 0 aromatic heterocycles. The molecule has 2 saturated carbocycles. The molecule has 0 radical (unpaired) electrons. The Bertz CT molecular complexity index is 161. The minimum atomic E-state index is 0.766. The normalized spacial score (nSPS) is 41.1. The van der Waals surface area contributed by atoms with Crippen molar-refractivity contribution in [3.63, 3.8) is 0 Å². The number of allylic oxidation sites excluding steroid dienone is 2. The maximum absolute atomic E-state index is 2.42. The first-order valence-electron chi connectivity index (χ1n) is 3.91. The van der Waals surface area contributed by atoms with E-state index in [4.69, 9.17) is 0 Å². The fraction of sp³-hybridized carbons (Fsp3) is 0.778. The van der Waals surface area contributed by atoms with Gasteiger partial charge in [-0.15, -0.1) is 0 Å². The van der Waals surface area contributed by atoms with E-state index >= 15 is 0 Å².